The fourth-order valence-corrected chi connectivity index (χ4v) is 3.04. The van der Waals surface area contributed by atoms with Gasteiger partial charge in [-0.3, -0.25) is 4.79 Å². The Morgan fingerprint density at radius 1 is 1.22 bits per heavy atom. The molecule has 0 heterocycles. The third-order valence-electron chi connectivity index (χ3n) is 4.57. The standard InChI is InChI=1S/C20H23NO2/c1-13-5-3-4-6-16(13)18-11-15(19(21)12-20(22)23-2)9-10-17(18)14-7-8-14/h3-6,9-11,14,19H,7-8,12,21H2,1-2H3. The number of carbonyl (C=O) groups is 1. The van der Waals surface area contributed by atoms with Gasteiger partial charge in [-0.15, -0.1) is 0 Å². The number of carbonyl (C=O) groups excluding carboxylic acids is 1. The normalized spacial score (nSPS) is 15.3. The summed E-state index contributed by atoms with van der Waals surface area (Å²) in [5, 5.41) is 0. The molecule has 1 unspecified atom stereocenters. The van der Waals surface area contributed by atoms with Crippen molar-refractivity contribution in [2.45, 2.75) is 38.1 Å². The molecule has 0 amide bonds. The van der Waals surface area contributed by atoms with E-state index in [9.17, 15) is 4.79 Å². The Bertz CT molecular complexity index is 719. The number of rotatable bonds is 5. The number of hydrogen-bond donors (Lipinski definition) is 1. The van der Waals surface area contributed by atoms with Gasteiger partial charge in [0.2, 0.25) is 0 Å². The van der Waals surface area contributed by atoms with E-state index < -0.39 is 0 Å². The lowest BCUT2D eigenvalue weighted by Gasteiger charge is -2.17. The van der Waals surface area contributed by atoms with Crippen LogP contribution >= 0.6 is 0 Å². The third-order valence-corrected chi connectivity index (χ3v) is 4.57. The number of aryl methyl sites for hydroxylation is 1. The van der Waals surface area contributed by atoms with Crippen molar-refractivity contribution in [2.24, 2.45) is 5.73 Å². The van der Waals surface area contributed by atoms with Crippen molar-refractivity contribution in [1.29, 1.82) is 0 Å². The van der Waals surface area contributed by atoms with Gasteiger partial charge in [0.05, 0.1) is 13.5 Å². The maximum atomic E-state index is 11.5. The lowest BCUT2D eigenvalue weighted by atomic mass is 9.90. The SMILES string of the molecule is COC(=O)CC(N)c1ccc(C2CC2)c(-c2ccccc2C)c1. The Balaban J connectivity index is 2.00. The van der Waals surface area contributed by atoms with E-state index in [4.69, 9.17) is 10.5 Å². The highest BCUT2D eigenvalue weighted by molar-refractivity contribution is 5.73. The van der Waals surface area contributed by atoms with Gasteiger partial charge in [0.1, 0.15) is 0 Å². The van der Waals surface area contributed by atoms with Crippen LogP contribution in [-0.4, -0.2) is 13.1 Å². The number of methoxy groups -OCH3 is 1. The molecule has 2 aromatic carbocycles. The van der Waals surface area contributed by atoms with Crippen LogP contribution in [0.1, 0.15) is 47.9 Å². The molecule has 0 bridgehead atoms. The van der Waals surface area contributed by atoms with Crippen LogP contribution < -0.4 is 5.73 Å². The van der Waals surface area contributed by atoms with Crippen molar-refractivity contribution in [3.8, 4) is 11.1 Å². The molecule has 3 rings (SSSR count). The summed E-state index contributed by atoms with van der Waals surface area (Å²) in [6, 6.07) is 14.5. The van der Waals surface area contributed by atoms with Gasteiger partial charge in [-0.05, 0) is 59.6 Å². The number of ether oxygens (including phenoxy) is 1. The minimum atomic E-state index is -0.335. The molecule has 0 spiro atoms. The zero-order valence-corrected chi connectivity index (χ0v) is 13.7. The number of benzene rings is 2. The lowest BCUT2D eigenvalue weighted by Crippen LogP contribution is -2.16. The monoisotopic (exact) mass is 309 g/mol. The average molecular weight is 309 g/mol. The molecule has 1 aliphatic rings. The van der Waals surface area contributed by atoms with Gasteiger partial charge in [-0.2, -0.15) is 0 Å². The molecule has 120 valence electrons. The van der Waals surface area contributed by atoms with Crippen LogP contribution in [0.3, 0.4) is 0 Å². The molecule has 1 atom stereocenters. The topological polar surface area (TPSA) is 52.3 Å². The highest BCUT2D eigenvalue weighted by Gasteiger charge is 2.27. The highest BCUT2D eigenvalue weighted by Crippen LogP contribution is 2.45. The van der Waals surface area contributed by atoms with E-state index in [0.29, 0.717) is 5.92 Å². The summed E-state index contributed by atoms with van der Waals surface area (Å²) in [4.78, 5) is 11.5. The maximum Gasteiger partial charge on any atom is 0.307 e. The van der Waals surface area contributed by atoms with Gasteiger partial charge >= 0.3 is 5.97 Å². The quantitative estimate of drug-likeness (QED) is 0.846. The van der Waals surface area contributed by atoms with Crippen molar-refractivity contribution < 1.29 is 9.53 Å². The van der Waals surface area contributed by atoms with E-state index >= 15 is 0 Å². The van der Waals surface area contributed by atoms with Gasteiger partial charge in [-0.1, -0.05) is 36.4 Å². The van der Waals surface area contributed by atoms with Gasteiger partial charge in [0.15, 0.2) is 0 Å². The molecule has 0 aliphatic heterocycles. The first-order valence-corrected chi connectivity index (χ1v) is 8.12. The van der Waals surface area contributed by atoms with E-state index in [0.717, 1.165) is 5.56 Å². The molecule has 2 N–H and O–H groups in total. The Morgan fingerprint density at radius 2 is 1.96 bits per heavy atom. The zero-order chi connectivity index (χ0) is 16.4. The number of esters is 1. The Hall–Kier alpha value is -2.13. The van der Waals surface area contributed by atoms with Gasteiger partial charge in [0.25, 0.3) is 0 Å². The smallest absolute Gasteiger partial charge is 0.307 e. The predicted molar refractivity (Wildman–Crippen MR) is 92.2 cm³/mol. The van der Waals surface area contributed by atoms with Crippen LogP contribution in [0.15, 0.2) is 42.5 Å². The van der Waals surface area contributed by atoms with E-state index in [-0.39, 0.29) is 18.4 Å². The summed E-state index contributed by atoms with van der Waals surface area (Å²) in [5.41, 5.74) is 12.3. The molecule has 3 nitrogen and oxygen atoms in total. The second kappa shape index (κ2) is 6.55. The Kier molecular flexibility index (Phi) is 4.49. The molecule has 2 aromatic rings. The highest BCUT2D eigenvalue weighted by atomic mass is 16.5. The second-order valence-electron chi connectivity index (χ2n) is 6.32. The van der Waals surface area contributed by atoms with E-state index in [1.54, 1.807) is 0 Å². The Morgan fingerprint density at radius 3 is 2.61 bits per heavy atom. The number of nitrogens with two attached hydrogens (primary N) is 1. The first-order chi connectivity index (χ1) is 11.1. The van der Waals surface area contributed by atoms with Crippen LogP contribution in [-0.2, 0) is 9.53 Å². The Labute approximate surface area is 137 Å². The molecule has 1 aliphatic carbocycles. The summed E-state index contributed by atoms with van der Waals surface area (Å²) in [5.74, 6) is 0.386. The molecule has 1 saturated carbocycles. The number of hydrogen-bond acceptors (Lipinski definition) is 3. The van der Waals surface area contributed by atoms with Gasteiger partial charge in [-0.25, -0.2) is 0 Å². The molecule has 1 fully saturated rings. The second-order valence-corrected chi connectivity index (χ2v) is 6.32. The van der Waals surface area contributed by atoms with Crippen molar-refractivity contribution in [3.05, 3.63) is 59.2 Å². The van der Waals surface area contributed by atoms with E-state index in [1.165, 1.54) is 42.2 Å². The molecular formula is C20H23NO2. The van der Waals surface area contributed by atoms with Crippen molar-refractivity contribution in [1.82, 2.24) is 0 Å². The molecule has 3 heteroatoms. The molecule has 0 aromatic heterocycles. The maximum absolute atomic E-state index is 11.5. The summed E-state index contributed by atoms with van der Waals surface area (Å²) >= 11 is 0. The summed E-state index contributed by atoms with van der Waals surface area (Å²) in [6.07, 6.45) is 2.71. The van der Waals surface area contributed by atoms with Gasteiger partial charge in [0, 0.05) is 6.04 Å². The predicted octanol–water partition coefficient (Wildman–Crippen LogP) is 4.10. The molecule has 0 saturated heterocycles. The minimum Gasteiger partial charge on any atom is -0.469 e. The van der Waals surface area contributed by atoms with Crippen LogP contribution in [0.2, 0.25) is 0 Å². The van der Waals surface area contributed by atoms with Crippen molar-refractivity contribution in [2.75, 3.05) is 7.11 Å². The minimum absolute atomic E-state index is 0.201. The summed E-state index contributed by atoms with van der Waals surface area (Å²) in [6.45, 7) is 2.13. The summed E-state index contributed by atoms with van der Waals surface area (Å²) < 4.78 is 4.73. The van der Waals surface area contributed by atoms with Crippen LogP contribution in [0.5, 0.6) is 0 Å². The van der Waals surface area contributed by atoms with Crippen LogP contribution in [0.25, 0.3) is 11.1 Å². The molecule has 23 heavy (non-hydrogen) atoms. The van der Waals surface area contributed by atoms with E-state index in [1.807, 2.05) is 0 Å². The lowest BCUT2D eigenvalue weighted by molar-refractivity contribution is -0.141. The van der Waals surface area contributed by atoms with Crippen LogP contribution in [0, 0.1) is 6.92 Å². The largest absolute Gasteiger partial charge is 0.469 e. The van der Waals surface area contributed by atoms with Crippen LogP contribution in [0.4, 0.5) is 0 Å². The third kappa shape index (κ3) is 3.45. The van der Waals surface area contributed by atoms with Crippen molar-refractivity contribution in [3.63, 3.8) is 0 Å². The summed E-state index contributed by atoms with van der Waals surface area (Å²) in [7, 11) is 1.39. The molecular weight excluding hydrogens is 286 g/mol. The first-order valence-electron chi connectivity index (χ1n) is 8.12. The average Bonchev–Trinajstić information content (AvgIpc) is 3.39. The van der Waals surface area contributed by atoms with Crippen molar-refractivity contribution >= 4 is 5.97 Å². The molecule has 0 radical (unpaired) electrons. The first kappa shape index (κ1) is 15.8. The fraction of sp³-hybridized carbons (Fsp3) is 0.350. The zero-order valence-electron chi connectivity index (χ0n) is 13.7. The van der Waals surface area contributed by atoms with E-state index in [2.05, 4.69) is 49.4 Å². The fourth-order valence-electron chi connectivity index (χ4n) is 3.04. The van der Waals surface area contributed by atoms with Gasteiger partial charge < -0.3 is 10.5 Å².